The van der Waals surface area contributed by atoms with Crippen LogP contribution in [-0.4, -0.2) is 37.6 Å². The van der Waals surface area contributed by atoms with E-state index in [2.05, 4.69) is 16.2 Å². The molecule has 0 bridgehead atoms. The molecule has 1 aliphatic heterocycles. The van der Waals surface area contributed by atoms with Crippen LogP contribution in [0.15, 0.2) is 36.0 Å². The van der Waals surface area contributed by atoms with Gasteiger partial charge in [-0.25, -0.2) is 8.42 Å². The summed E-state index contributed by atoms with van der Waals surface area (Å²) in [7, 11) is -3.06. The van der Waals surface area contributed by atoms with E-state index in [-0.39, 0.29) is 29.5 Å². The fourth-order valence-corrected chi connectivity index (χ4v) is 4.47. The molecule has 26 heavy (non-hydrogen) atoms. The average molecular weight is 379 g/mol. The summed E-state index contributed by atoms with van der Waals surface area (Å²) < 4.78 is 22.8. The number of rotatable bonds is 5. The summed E-state index contributed by atoms with van der Waals surface area (Å²) in [5.74, 6) is -1.77. The lowest BCUT2D eigenvalue weighted by molar-refractivity contribution is -0.128. The summed E-state index contributed by atoms with van der Waals surface area (Å²) in [6.45, 7) is 1.27. The molecule has 1 saturated heterocycles. The Bertz CT molecular complexity index is 818. The van der Waals surface area contributed by atoms with E-state index in [1.165, 1.54) is 13.0 Å². The summed E-state index contributed by atoms with van der Waals surface area (Å²) in [5.41, 5.74) is 5.16. The minimum atomic E-state index is -3.06. The summed E-state index contributed by atoms with van der Waals surface area (Å²) in [4.78, 5) is 35.4. The molecule has 1 atom stereocenters. The number of carbonyl (C=O) groups is 3. The van der Waals surface area contributed by atoms with Gasteiger partial charge < -0.3 is 5.32 Å². The van der Waals surface area contributed by atoms with Crippen molar-refractivity contribution in [1.29, 1.82) is 0 Å². The molecule has 8 nitrogen and oxygen atoms in total. The normalized spacial score (nSPS) is 18.8. The van der Waals surface area contributed by atoms with Crippen molar-refractivity contribution in [2.75, 3.05) is 11.5 Å². The van der Waals surface area contributed by atoms with E-state index in [9.17, 15) is 22.8 Å². The predicted octanol–water partition coefficient (Wildman–Crippen LogP) is 0.136. The number of hydrazine groups is 1. The van der Waals surface area contributed by atoms with Crippen molar-refractivity contribution in [3.63, 3.8) is 0 Å². The van der Waals surface area contributed by atoms with E-state index in [0.29, 0.717) is 12.0 Å². The summed E-state index contributed by atoms with van der Waals surface area (Å²) >= 11 is 0. The third-order valence-electron chi connectivity index (χ3n) is 3.78. The van der Waals surface area contributed by atoms with Crippen LogP contribution < -0.4 is 16.2 Å². The molecule has 1 aromatic carbocycles. The van der Waals surface area contributed by atoms with Gasteiger partial charge >= 0.3 is 0 Å². The third kappa shape index (κ3) is 6.32. The van der Waals surface area contributed by atoms with Crippen LogP contribution in [0.5, 0.6) is 0 Å². The molecule has 0 radical (unpaired) electrons. The Morgan fingerprint density at radius 3 is 2.42 bits per heavy atom. The molecule has 3 amide bonds. The van der Waals surface area contributed by atoms with Gasteiger partial charge in [-0.1, -0.05) is 30.3 Å². The van der Waals surface area contributed by atoms with Crippen molar-refractivity contribution in [3.8, 4) is 0 Å². The highest BCUT2D eigenvalue weighted by molar-refractivity contribution is 7.91. The first-order valence-corrected chi connectivity index (χ1v) is 9.91. The maximum atomic E-state index is 12.2. The van der Waals surface area contributed by atoms with Crippen LogP contribution in [0.3, 0.4) is 0 Å². The van der Waals surface area contributed by atoms with E-state index < -0.39 is 27.6 Å². The van der Waals surface area contributed by atoms with Crippen LogP contribution in [-0.2, 0) is 24.2 Å². The molecule has 9 heteroatoms. The Balaban J connectivity index is 1.93. The fourth-order valence-electron chi connectivity index (χ4n) is 2.60. The van der Waals surface area contributed by atoms with E-state index in [0.717, 1.165) is 0 Å². The van der Waals surface area contributed by atoms with Gasteiger partial charge in [0.2, 0.25) is 11.8 Å². The Morgan fingerprint density at radius 2 is 1.85 bits per heavy atom. The van der Waals surface area contributed by atoms with Crippen LogP contribution in [0.4, 0.5) is 0 Å². The predicted molar refractivity (Wildman–Crippen MR) is 95.9 cm³/mol. The van der Waals surface area contributed by atoms with Crippen molar-refractivity contribution in [1.82, 2.24) is 16.2 Å². The monoisotopic (exact) mass is 379 g/mol. The molecule has 140 valence electrons. The SMILES string of the molecule is CC(=O)N/C(=C\c1ccccc1)C(=O)NNC(=O)C[C@H]1CCS(=O)(=O)C1. The number of benzene rings is 1. The van der Waals surface area contributed by atoms with Gasteiger partial charge in [0.1, 0.15) is 5.70 Å². The maximum Gasteiger partial charge on any atom is 0.286 e. The van der Waals surface area contributed by atoms with Gasteiger partial charge in [-0.05, 0) is 24.0 Å². The minimum absolute atomic E-state index is 0.0113. The van der Waals surface area contributed by atoms with E-state index >= 15 is 0 Å². The second-order valence-corrected chi connectivity index (χ2v) is 8.35. The second kappa shape index (κ2) is 8.61. The molecule has 0 saturated carbocycles. The van der Waals surface area contributed by atoms with Gasteiger partial charge in [0.25, 0.3) is 5.91 Å². The Hall–Kier alpha value is -2.68. The molecular formula is C17H21N3O5S. The Kier molecular flexibility index (Phi) is 6.51. The van der Waals surface area contributed by atoms with Crippen LogP contribution in [0.1, 0.15) is 25.3 Å². The highest BCUT2D eigenvalue weighted by Crippen LogP contribution is 2.21. The second-order valence-electron chi connectivity index (χ2n) is 6.13. The summed E-state index contributed by atoms with van der Waals surface area (Å²) in [6.07, 6.45) is 1.93. The van der Waals surface area contributed by atoms with Crippen LogP contribution in [0.25, 0.3) is 6.08 Å². The molecule has 1 fully saturated rings. The van der Waals surface area contributed by atoms with Gasteiger partial charge in [-0.2, -0.15) is 0 Å². The van der Waals surface area contributed by atoms with Gasteiger partial charge in [0, 0.05) is 13.3 Å². The van der Waals surface area contributed by atoms with Crippen molar-refractivity contribution < 1.29 is 22.8 Å². The summed E-state index contributed by atoms with van der Waals surface area (Å²) in [5, 5.41) is 2.42. The lowest BCUT2D eigenvalue weighted by atomic mass is 10.1. The Labute approximate surface area is 151 Å². The minimum Gasteiger partial charge on any atom is -0.322 e. The molecule has 3 N–H and O–H groups in total. The van der Waals surface area contributed by atoms with Crippen molar-refractivity contribution in [3.05, 3.63) is 41.6 Å². The molecule has 0 spiro atoms. The number of nitrogens with one attached hydrogen (secondary N) is 3. The first-order valence-electron chi connectivity index (χ1n) is 8.09. The van der Waals surface area contributed by atoms with Gasteiger partial charge in [-0.15, -0.1) is 0 Å². The summed E-state index contributed by atoms with van der Waals surface area (Å²) in [6, 6.07) is 8.90. The highest BCUT2D eigenvalue weighted by atomic mass is 32.2. The first-order chi connectivity index (χ1) is 12.2. The maximum absolute atomic E-state index is 12.2. The van der Waals surface area contributed by atoms with E-state index in [1.54, 1.807) is 24.3 Å². The van der Waals surface area contributed by atoms with Crippen LogP contribution in [0.2, 0.25) is 0 Å². The van der Waals surface area contributed by atoms with Gasteiger partial charge in [-0.3, -0.25) is 25.2 Å². The molecular weight excluding hydrogens is 358 g/mol. The van der Waals surface area contributed by atoms with E-state index in [4.69, 9.17) is 0 Å². The number of hydrogen-bond acceptors (Lipinski definition) is 5. The molecule has 2 rings (SSSR count). The molecule has 0 aromatic heterocycles. The van der Waals surface area contributed by atoms with Gasteiger partial charge in [0.15, 0.2) is 9.84 Å². The first kappa shape index (κ1) is 19.6. The van der Waals surface area contributed by atoms with E-state index in [1.807, 2.05) is 6.07 Å². The van der Waals surface area contributed by atoms with Crippen LogP contribution in [0, 0.1) is 5.92 Å². The van der Waals surface area contributed by atoms with Crippen molar-refractivity contribution in [2.24, 2.45) is 5.92 Å². The largest absolute Gasteiger partial charge is 0.322 e. The molecule has 0 aliphatic carbocycles. The Morgan fingerprint density at radius 1 is 1.15 bits per heavy atom. The molecule has 1 aromatic rings. The zero-order valence-corrected chi connectivity index (χ0v) is 15.1. The zero-order chi connectivity index (χ0) is 19.2. The van der Waals surface area contributed by atoms with Crippen molar-refractivity contribution in [2.45, 2.75) is 19.8 Å². The fraction of sp³-hybridized carbons (Fsp3) is 0.353. The third-order valence-corrected chi connectivity index (χ3v) is 5.62. The number of carbonyl (C=O) groups excluding carboxylic acids is 3. The molecule has 1 heterocycles. The highest BCUT2D eigenvalue weighted by Gasteiger charge is 2.29. The zero-order valence-electron chi connectivity index (χ0n) is 14.3. The number of amides is 3. The van der Waals surface area contributed by atoms with Gasteiger partial charge in [0.05, 0.1) is 11.5 Å². The quantitative estimate of drug-likeness (QED) is 0.496. The lowest BCUT2D eigenvalue weighted by Crippen LogP contribution is -2.45. The molecule has 1 aliphatic rings. The average Bonchev–Trinajstić information content (AvgIpc) is 2.91. The van der Waals surface area contributed by atoms with Crippen molar-refractivity contribution >= 4 is 33.6 Å². The van der Waals surface area contributed by atoms with Crippen LogP contribution >= 0.6 is 0 Å². The number of sulfone groups is 1. The standard InChI is InChI=1S/C17H21N3O5S/c1-12(21)18-15(9-13-5-3-2-4-6-13)17(23)20-19-16(22)10-14-7-8-26(24,25)11-14/h2-6,9,14H,7-8,10-11H2,1H3,(H,18,21)(H,19,22)(H,20,23)/b15-9-/t14-/m1/s1. The smallest absolute Gasteiger partial charge is 0.286 e. The molecule has 0 unspecified atom stereocenters. The lowest BCUT2D eigenvalue weighted by Gasteiger charge is -2.12. The topological polar surface area (TPSA) is 121 Å². The number of hydrogen-bond donors (Lipinski definition) is 3.